The van der Waals surface area contributed by atoms with Crippen LogP contribution in [0.25, 0.3) is 0 Å². The molecule has 0 saturated heterocycles. The van der Waals surface area contributed by atoms with E-state index in [4.69, 9.17) is 16.2 Å². The van der Waals surface area contributed by atoms with Gasteiger partial charge in [0.15, 0.2) is 5.75 Å². The smallest absolute Gasteiger partial charge is 0.280 e. The fraction of sp³-hybridized carbons (Fsp3) is 0.400. The Morgan fingerprint density at radius 1 is 1.62 bits per heavy atom. The van der Waals surface area contributed by atoms with Crippen LogP contribution < -0.4 is 16.2 Å². The molecule has 4 N–H and O–H groups in total. The van der Waals surface area contributed by atoms with E-state index in [-0.39, 0.29) is 11.7 Å². The lowest BCUT2D eigenvalue weighted by Crippen LogP contribution is -2.23. The molecule has 0 radical (unpaired) electrons. The Kier molecular flexibility index (Phi) is 2.43. The zero-order valence-electron chi connectivity index (χ0n) is 8.90. The highest BCUT2D eigenvalue weighted by Gasteiger charge is 2.31. The van der Waals surface area contributed by atoms with Crippen LogP contribution >= 0.6 is 0 Å². The highest BCUT2D eigenvalue weighted by Crippen LogP contribution is 2.43. The number of fused-ring (bicyclic) bond motifs is 1. The zero-order chi connectivity index (χ0) is 11.9. The van der Waals surface area contributed by atoms with E-state index in [0.29, 0.717) is 35.6 Å². The first-order valence-corrected chi connectivity index (χ1v) is 4.98. The number of nitro benzene ring substituents is 1. The molecule has 1 aliphatic rings. The Morgan fingerprint density at radius 3 is 2.94 bits per heavy atom. The summed E-state index contributed by atoms with van der Waals surface area (Å²) in [6.45, 7) is 2.09. The standard InChI is InChI=1S/C10H13N3O3/c1-5-4-7(12)10-8(9(5)13(14)15)6(11)2-3-16-10/h4,6H,2-3,11-12H2,1H3/t6-/m0/s1. The quantitative estimate of drug-likeness (QED) is 0.423. The monoisotopic (exact) mass is 223 g/mol. The molecule has 0 spiro atoms. The van der Waals surface area contributed by atoms with Gasteiger partial charge in [-0.15, -0.1) is 0 Å². The minimum Gasteiger partial charge on any atom is -0.491 e. The van der Waals surface area contributed by atoms with Crippen molar-refractivity contribution in [2.75, 3.05) is 12.3 Å². The molecular formula is C10H13N3O3. The summed E-state index contributed by atoms with van der Waals surface area (Å²) in [6, 6.07) is 1.17. The molecule has 1 aromatic rings. The van der Waals surface area contributed by atoms with E-state index in [2.05, 4.69) is 0 Å². The van der Waals surface area contributed by atoms with Crippen LogP contribution in [0.15, 0.2) is 6.07 Å². The lowest BCUT2D eigenvalue weighted by atomic mass is 9.95. The number of ether oxygens (including phenoxy) is 1. The average Bonchev–Trinajstić information content (AvgIpc) is 2.19. The Morgan fingerprint density at radius 2 is 2.31 bits per heavy atom. The van der Waals surface area contributed by atoms with Gasteiger partial charge in [-0.25, -0.2) is 0 Å². The van der Waals surface area contributed by atoms with Crippen LogP contribution in [0, 0.1) is 17.0 Å². The van der Waals surface area contributed by atoms with Crippen LogP contribution in [0.5, 0.6) is 5.75 Å². The van der Waals surface area contributed by atoms with Gasteiger partial charge in [-0.1, -0.05) is 0 Å². The van der Waals surface area contributed by atoms with Crippen molar-refractivity contribution in [1.82, 2.24) is 0 Å². The highest BCUT2D eigenvalue weighted by molar-refractivity contribution is 5.68. The Bertz CT molecular complexity index is 459. The summed E-state index contributed by atoms with van der Waals surface area (Å²) in [4.78, 5) is 10.6. The van der Waals surface area contributed by atoms with Crippen molar-refractivity contribution in [3.63, 3.8) is 0 Å². The predicted molar refractivity (Wildman–Crippen MR) is 59.3 cm³/mol. The minimum atomic E-state index is -0.428. The first kappa shape index (κ1) is 10.7. The molecule has 6 nitrogen and oxygen atoms in total. The summed E-state index contributed by atoms with van der Waals surface area (Å²) in [5.41, 5.74) is 13.0. The molecule has 1 heterocycles. The third-order valence-corrected chi connectivity index (χ3v) is 2.74. The lowest BCUT2D eigenvalue weighted by Gasteiger charge is -2.24. The Labute approximate surface area is 92.3 Å². The maximum absolute atomic E-state index is 11.0. The molecule has 1 atom stereocenters. The topological polar surface area (TPSA) is 104 Å². The van der Waals surface area contributed by atoms with E-state index in [0.717, 1.165) is 0 Å². The number of nitrogen functional groups attached to an aromatic ring is 1. The zero-order valence-corrected chi connectivity index (χ0v) is 8.90. The van der Waals surface area contributed by atoms with Crippen molar-refractivity contribution < 1.29 is 9.66 Å². The fourth-order valence-corrected chi connectivity index (χ4v) is 2.02. The van der Waals surface area contributed by atoms with E-state index in [1.54, 1.807) is 13.0 Å². The molecule has 86 valence electrons. The van der Waals surface area contributed by atoms with Crippen molar-refractivity contribution in [1.29, 1.82) is 0 Å². The van der Waals surface area contributed by atoms with Crippen molar-refractivity contribution in [3.05, 3.63) is 27.3 Å². The van der Waals surface area contributed by atoms with E-state index in [9.17, 15) is 10.1 Å². The maximum Gasteiger partial charge on any atom is 0.280 e. The number of anilines is 1. The fourth-order valence-electron chi connectivity index (χ4n) is 2.02. The number of benzene rings is 1. The average molecular weight is 223 g/mol. The van der Waals surface area contributed by atoms with E-state index >= 15 is 0 Å². The van der Waals surface area contributed by atoms with Gasteiger partial charge in [0, 0.05) is 18.0 Å². The molecule has 16 heavy (non-hydrogen) atoms. The van der Waals surface area contributed by atoms with Crippen molar-refractivity contribution >= 4 is 11.4 Å². The van der Waals surface area contributed by atoms with E-state index in [1.807, 2.05) is 0 Å². The second kappa shape index (κ2) is 3.64. The maximum atomic E-state index is 11.0. The van der Waals surface area contributed by atoms with Crippen LogP contribution in [0.1, 0.15) is 23.6 Å². The lowest BCUT2D eigenvalue weighted by molar-refractivity contribution is -0.386. The van der Waals surface area contributed by atoms with E-state index < -0.39 is 4.92 Å². The molecule has 1 aromatic carbocycles. The summed E-state index contributed by atoms with van der Waals surface area (Å²) >= 11 is 0. The van der Waals surface area contributed by atoms with Gasteiger partial charge >= 0.3 is 0 Å². The number of rotatable bonds is 1. The number of nitrogens with two attached hydrogens (primary N) is 2. The second-order valence-electron chi connectivity index (χ2n) is 3.87. The van der Waals surface area contributed by atoms with Crippen molar-refractivity contribution in [2.24, 2.45) is 5.73 Å². The molecule has 2 rings (SSSR count). The van der Waals surface area contributed by atoms with Crippen LogP contribution in [0.4, 0.5) is 11.4 Å². The second-order valence-corrected chi connectivity index (χ2v) is 3.87. The van der Waals surface area contributed by atoms with Gasteiger partial charge in [0.2, 0.25) is 0 Å². The van der Waals surface area contributed by atoms with Crippen LogP contribution in [-0.2, 0) is 0 Å². The summed E-state index contributed by atoms with van der Waals surface area (Å²) in [5, 5.41) is 11.0. The minimum absolute atomic E-state index is 0.0244. The highest BCUT2D eigenvalue weighted by atomic mass is 16.6. The van der Waals surface area contributed by atoms with E-state index in [1.165, 1.54) is 0 Å². The normalized spacial score (nSPS) is 18.8. The number of hydrogen-bond donors (Lipinski definition) is 2. The first-order chi connectivity index (χ1) is 7.52. The van der Waals surface area contributed by atoms with Crippen LogP contribution in [-0.4, -0.2) is 11.5 Å². The Balaban J connectivity index is 2.74. The molecule has 0 bridgehead atoms. The SMILES string of the molecule is Cc1cc(N)c2c(c1[N+](=O)[O-])[C@@H](N)CCO2. The van der Waals surface area contributed by atoms with Crippen LogP contribution in [0.2, 0.25) is 0 Å². The Hall–Kier alpha value is -1.82. The molecule has 0 aliphatic carbocycles. The van der Waals surface area contributed by atoms with Crippen molar-refractivity contribution in [2.45, 2.75) is 19.4 Å². The third-order valence-electron chi connectivity index (χ3n) is 2.74. The molecule has 0 unspecified atom stereocenters. The van der Waals surface area contributed by atoms with Gasteiger partial charge in [0.1, 0.15) is 0 Å². The predicted octanol–water partition coefficient (Wildman–Crippen LogP) is 1.27. The summed E-state index contributed by atoms with van der Waals surface area (Å²) < 4.78 is 5.36. The van der Waals surface area contributed by atoms with Gasteiger partial charge in [-0.2, -0.15) is 0 Å². The van der Waals surface area contributed by atoms with Crippen LogP contribution in [0.3, 0.4) is 0 Å². The van der Waals surface area contributed by atoms with Gasteiger partial charge < -0.3 is 16.2 Å². The van der Waals surface area contributed by atoms with Crippen molar-refractivity contribution in [3.8, 4) is 5.75 Å². The number of nitro groups is 1. The van der Waals surface area contributed by atoms with Gasteiger partial charge in [-0.05, 0) is 13.0 Å². The number of aryl methyl sites for hydroxylation is 1. The molecule has 0 fully saturated rings. The molecule has 1 aliphatic heterocycles. The summed E-state index contributed by atoms with van der Waals surface area (Å²) in [7, 11) is 0. The first-order valence-electron chi connectivity index (χ1n) is 4.98. The molecule has 0 saturated carbocycles. The van der Waals surface area contributed by atoms with Gasteiger partial charge in [0.25, 0.3) is 5.69 Å². The van der Waals surface area contributed by atoms with Gasteiger partial charge in [-0.3, -0.25) is 10.1 Å². The molecular weight excluding hydrogens is 210 g/mol. The molecule has 0 amide bonds. The summed E-state index contributed by atoms with van der Waals surface area (Å²) in [6.07, 6.45) is 0.566. The summed E-state index contributed by atoms with van der Waals surface area (Å²) in [5.74, 6) is 0.371. The molecule has 6 heteroatoms. The molecule has 0 aromatic heterocycles. The van der Waals surface area contributed by atoms with Gasteiger partial charge in [0.05, 0.1) is 22.8 Å². The third kappa shape index (κ3) is 1.47. The number of nitrogens with zero attached hydrogens (tertiary/aromatic N) is 1. The largest absolute Gasteiger partial charge is 0.491 e. The number of hydrogen-bond acceptors (Lipinski definition) is 5.